The van der Waals surface area contributed by atoms with Crippen LogP contribution < -0.4 is 5.32 Å². The van der Waals surface area contributed by atoms with Crippen molar-refractivity contribution in [2.24, 2.45) is 5.41 Å². The second-order valence-electron chi connectivity index (χ2n) is 5.07. The fourth-order valence-corrected chi connectivity index (χ4v) is 2.04. The van der Waals surface area contributed by atoms with E-state index in [1.54, 1.807) is 24.3 Å². The van der Waals surface area contributed by atoms with Crippen molar-refractivity contribution in [2.45, 2.75) is 12.8 Å². The number of tetrazole rings is 1. The average Bonchev–Trinajstić information content (AvgIpc) is 3.09. The van der Waals surface area contributed by atoms with Gasteiger partial charge in [0, 0.05) is 12.1 Å². The Morgan fingerprint density at radius 1 is 1.38 bits per heavy atom. The first-order chi connectivity index (χ1) is 10.1. The molecular weight excluding hydrogens is 274 g/mol. The molecule has 0 unspecified atom stereocenters. The molecule has 0 atom stereocenters. The maximum absolute atomic E-state index is 12.1. The summed E-state index contributed by atoms with van der Waals surface area (Å²) in [6.07, 6.45) is 2.64. The predicted octanol–water partition coefficient (Wildman–Crippen LogP) is 0.257. The van der Waals surface area contributed by atoms with Crippen molar-refractivity contribution in [3.63, 3.8) is 0 Å². The van der Waals surface area contributed by atoms with Crippen molar-refractivity contribution < 1.29 is 14.7 Å². The number of carbonyl (C=O) groups is 2. The summed E-state index contributed by atoms with van der Waals surface area (Å²) in [5.74, 6) is -1.16. The summed E-state index contributed by atoms with van der Waals surface area (Å²) in [5.41, 5.74) is 0.319. The molecule has 0 spiro atoms. The van der Waals surface area contributed by atoms with E-state index in [-0.39, 0.29) is 12.5 Å². The third-order valence-corrected chi connectivity index (χ3v) is 3.62. The molecule has 1 amide bonds. The van der Waals surface area contributed by atoms with Crippen LogP contribution in [0.1, 0.15) is 23.2 Å². The highest BCUT2D eigenvalue weighted by atomic mass is 16.4. The minimum absolute atomic E-state index is 0.149. The third kappa shape index (κ3) is 2.60. The zero-order valence-electron chi connectivity index (χ0n) is 11.1. The minimum atomic E-state index is -0.856. The molecule has 0 saturated heterocycles. The Morgan fingerprint density at radius 3 is 2.81 bits per heavy atom. The predicted molar refractivity (Wildman–Crippen MR) is 70.8 cm³/mol. The van der Waals surface area contributed by atoms with Gasteiger partial charge in [-0.1, -0.05) is 6.07 Å². The molecule has 1 heterocycles. The highest BCUT2D eigenvalue weighted by Crippen LogP contribution is 2.45. The van der Waals surface area contributed by atoms with Gasteiger partial charge in [-0.25, -0.2) is 4.68 Å². The van der Waals surface area contributed by atoms with E-state index in [1.807, 2.05) is 0 Å². The first-order valence-corrected chi connectivity index (χ1v) is 6.46. The number of amides is 1. The molecule has 108 valence electrons. The molecule has 3 rings (SSSR count). The van der Waals surface area contributed by atoms with Crippen LogP contribution in [0.4, 0.5) is 0 Å². The minimum Gasteiger partial charge on any atom is -0.481 e. The van der Waals surface area contributed by atoms with Crippen molar-refractivity contribution in [3.8, 4) is 5.69 Å². The zero-order chi connectivity index (χ0) is 14.9. The van der Waals surface area contributed by atoms with Crippen LogP contribution in [-0.2, 0) is 4.79 Å². The van der Waals surface area contributed by atoms with E-state index in [9.17, 15) is 9.59 Å². The molecule has 0 bridgehead atoms. The number of carboxylic acid groups (broad SMARTS) is 1. The Bertz CT molecular complexity index is 679. The lowest BCUT2D eigenvalue weighted by Gasteiger charge is -2.11. The fraction of sp³-hybridized carbons (Fsp3) is 0.308. The van der Waals surface area contributed by atoms with E-state index in [2.05, 4.69) is 20.8 Å². The van der Waals surface area contributed by atoms with Gasteiger partial charge in [0.1, 0.15) is 6.33 Å². The van der Waals surface area contributed by atoms with Crippen LogP contribution in [0, 0.1) is 5.41 Å². The second-order valence-corrected chi connectivity index (χ2v) is 5.07. The number of nitrogens with zero attached hydrogens (tertiary/aromatic N) is 4. The van der Waals surface area contributed by atoms with Crippen LogP contribution in [0.3, 0.4) is 0 Å². The molecule has 2 aromatic rings. The van der Waals surface area contributed by atoms with Crippen molar-refractivity contribution in [1.82, 2.24) is 25.5 Å². The molecule has 1 aliphatic rings. The molecule has 1 aromatic heterocycles. The number of carboxylic acids is 1. The van der Waals surface area contributed by atoms with Gasteiger partial charge in [-0.3, -0.25) is 9.59 Å². The fourth-order valence-electron chi connectivity index (χ4n) is 2.04. The summed E-state index contributed by atoms with van der Waals surface area (Å²) < 4.78 is 1.44. The Kier molecular flexibility index (Phi) is 3.13. The van der Waals surface area contributed by atoms with Gasteiger partial charge in [0.25, 0.3) is 5.91 Å². The molecule has 1 fully saturated rings. The van der Waals surface area contributed by atoms with Gasteiger partial charge in [-0.05, 0) is 41.5 Å². The smallest absolute Gasteiger partial charge is 0.311 e. The van der Waals surface area contributed by atoms with E-state index in [1.165, 1.54) is 11.0 Å². The van der Waals surface area contributed by atoms with Gasteiger partial charge < -0.3 is 10.4 Å². The zero-order valence-corrected chi connectivity index (χ0v) is 11.1. The largest absolute Gasteiger partial charge is 0.481 e. The first kappa shape index (κ1) is 13.2. The van der Waals surface area contributed by atoms with Crippen molar-refractivity contribution in [2.75, 3.05) is 6.54 Å². The summed E-state index contributed by atoms with van der Waals surface area (Å²) in [5, 5.41) is 22.6. The Balaban J connectivity index is 1.71. The molecule has 8 heteroatoms. The maximum atomic E-state index is 12.1. The molecule has 0 radical (unpaired) electrons. The van der Waals surface area contributed by atoms with E-state index in [0.29, 0.717) is 24.1 Å². The summed E-state index contributed by atoms with van der Waals surface area (Å²) in [4.78, 5) is 23.2. The van der Waals surface area contributed by atoms with Gasteiger partial charge in [0.2, 0.25) is 0 Å². The second kappa shape index (κ2) is 4.97. The molecule has 21 heavy (non-hydrogen) atoms. The Morgan fingerprint density at radius 2 is 2.19 bits per heavy atom. The van der Waals surface area contributed by atoms with Crippen LogP contribution >= 0.6 is 0 Å². The van der Waals surface area contributed by atoms with Crippen molar-refractivity contribution in [3.05, 3.63) is 36.2 Å². The SMILES string of the molecule is O=C(NCC1(C(=O)O)CC1)c1cccc(-n2cnnn2)c1. The first-order valence-electron chi connectivity index (χ1n) is 6.46. The number of aromatic nitrogens is 4. The number of hydrogen-bond acceptors (Lipinski definition) is 5. The van der Waals surface area contributed by atoms with E-state index in [4.69, 9.17) is 5.11 Å². The Labute approximate surface area is 119 Å². The van der Waals surface area contributed by atoms with E-state index in [0.717, 1.165) is 0 Å². The normalized spacial score (nSPS) is 15.4. The van der Waals surface area contributed by atoms with Crippen LogP contribution in [0.15, 0.2) is 30.6 Å². The van der Waals surface area contributed by atoms with Crippen molar-refractivity contribution >= 4 is 11.9 Å². The number of rotatable bonds is 5. The standard InChI is InChI=1S/C13H13N5O3/c19-11(14-7-13(4-5-13)12(20)21)9-2-1-3-10(6-9)18-8-15-16-17-18/h1-3,6,8H,4-5,7H2,(H,14,19)(H,20,21). The number of aliphatic carboxylic acids is 1. The molecule has 1 aliphatic carbocycles. The monoisotopic (exact) mass is 287 g/mol. The average molecular weight is 287 g/mol. The van der Waals surface area contributed by atoms with Gasteiger partial charge >= 0.3 is 5.97 Å². The lowest BCUT2D eigenvalue weighted by atomic mass is 10.1. The lowest BCUT2D eigenvalue weighted by molar-refractivity contribution is -0.143. The molecule has 1 saturated carbocycles. The summed E-state index contributed by atoms with van der Waals surface area (Å²) in [7, 11) is 0. The van der Waals surface area contributed by atoms with Gasteiger partial charge in [0.05, 0.1) is 11.1 Å². The van der Waals surface area contributed by atoms with Crippen LogP contribution in [0.2, 0.25) is 0 Å². The molecule has 0 aliphatic heterocycles. The highest BCUT2D eigenvalue weighted by Gasteiger charge is 2.50. The number of carbonyl (C=O) groups excluding carboxylic acids is 1. The van der Waals surface area contributed by atoms with Crippen LogP contribution in [-0.4, -0.2) is 43.7 Å². The van der Waals surface area contributed by atoms with Gasteiger partial charge in [-0.2, -0.15) is 0 Å². The number of benzene rings is 1. The molecule has 2 N–H and O–H groups in total. The summed E-state index contributed by atoms with van der Waals surface area (Å²) in [6.45, 7) is 0.149. The summed E-state index contributed by atoms with van der Waals surface area (Å²) in [6, 6.07) is 6.79. The van der Waals surface area contributed by atoms with E-state index >= 15 is 0 Å². The number of nitrogens with one attached hydrogen (secondary N) is 1. The van der Waals surface area contributed by atoms with Crippen molar-refractivity contribution in [1.29, 1.82) is 0 Å². The van der Waals surface area contributed by atoms with Crippen LogP contribution in [0.5, 0.6) is 0 Å². The Hall–Kier alpha value is -2.77. The number of hydrogen-bond donors (Lipinski definition) is 2. The summed E-state index contributed by atoms with van der Waals surface area (Å²) >= 11 is 0. The van der Waals surface area contributed by atoms with Gasteiger partial charge in [0.15, 0.2) is 0 Å². The quantitative estimate of drug-likeness (QED) is 0.816. The van der Waals surface area contributed by atoms with E-state index < -0.39 is 11.4 Å². The third-order valence-electron chi connectivity index (χ3n) is 3.62. The lowest BCUT2D eigenvalue weighted by Crippen LogP contribution is -2.34. The molecule has 8 nitrogen and oxygen atoms in total. The van der Waals surface area contributed by atoms with Crippen LogP contribution in [0.25, 0.3) is 5.69 Å². The molecular formula is C13H13N5O3. The topological polar surface area (TPSA) is 110 Å². The highest BCUT2D eigenvalue weighted by molar-refractivity contribution is 5.95. The maximum Gasteiger partial charge on any atom is 0.311 e. The molecule has 1 aromatic carbocycles. The van der Waals surface area contributed by atoms with Gasteiger partial charge in [-0.15, -0.1) is 5.10 Å².